The molecule has 2 N–H and O–H groups in total. The van der Waals surface area contributed by atoms with Gasteiger partial charge in [-0.2, -0.15) is 0 Å². The van der Waals surface area contributed by atoms with Crippen LogP contribution in [0.15, 0.2) is 24.3 Å². The van der Waals surface area contributed by atoms with Gasteiger partial charge in [0.2, 0.25) is 5.95 Å². The molecule has 0 spiro atoms. The van der Waals surface area contributed by atoms with E-state index in [9.17, 15) is 10.0 Å². The van der Waals surface area contributed by atoms with Crippen molar-refractivity contribution in [3.8, 4) is 0 Å². The molecule has 1 aromatic carbocycles. The molecule has 1 saturated carbocycles. The number of hydrogen-bond acceptors (Lipinski definition) is 6. The molecule has 1 heterocycles. The lowest BCUT2D eigenvalue weighted by Crippen LogP contribution is -2.33. The maximum absolute atomic E-state index is 12.2. The highest BCUT2D eigenvalue weighted by Gasteiger charge is 2.20. The Morgan fingerprint density at radius 2 is 1.96 bits per heavy atom. The van der Waals surface area contributed by atoms with Crippen LogP contribution >= 0.6 is 0 Å². The lowest BCUT2D eigenvalue weighted by Gasteiger charge is -2.30. The summed E-state index contributed by atoms with van der Waals surface area (Å²) in [7, 11) is 1.65. The fraction of sp³-hybridized carbons (Fsp3) is 0.467. The Bertz CT molecular complexity index is 663. The molecule has 1 amide bonds. The maximum atomic E-state index is 12.2. The van der Waals surface area contributed by atoms with E-state index in [4.69, 9.17) is 0 Å². The Balaban J connectivity index is 1.66. The molecule has 0 saturated heterocycles. The number of tetrazole rings is 1. The third-order valence-corrected chi connectivity index (χ3v) is 4.16. The number of benzene rings is 1. The summed E-state index contributed by atoms with van der Waals surface area (Å²) in [4.78, 5) is 12.2. The number of carbonyl (C=O) groups is 1. The van der Waals surface area contributed by atoms with Gasteiger partial charge in [0.15, 0.2) is 0 Å². The van der Waals surface area contributed by atoms with Crippen LogP contribution in [0, 0.1) is 0 Å². The predicted molar refractivity (Wildman–Crippen MR) is 84.3 cm³/mol. The smallest absolute Gasteiger partial charge is 0.258 e. The van der Waals surface area contributed by atoms with Gasteiger partial charge in [-0.3, -0.25) is 20.4 Å². The van der Waals surface area contributed by atoms with Crippen molar-refractivity contribution in [2.45, 2.75) is 38.1 Å². The van der Waals surface area contributed by atoms with Crippen LogP contribution in [0.2, 0.25) is 0 Å². The molecule has 0 atom stereocenters. The van der Waals surface area contributed by atoms with Gasteiger partial charge in [-0.25, -0.2) is 4.68 Å². The summed E-state index contributed by atoms with van der Waals surface area (Å²) in [6.07, 6.45) is 5.53. The van der Waals surface area contributed by atoms with Gasteiger partial charge in [0.25, 0.3) is 5.91 Å². The van der Waals surface area contributed by atoms with Crippen LogP contribution in [-0.4, -0.2) is 37.4 Å². The molecule has 2 aromatic rings. The van der Waals surface area contributed by atoms with Crippen molar-refractivity contribution in [1.82, 2.24) is 20.2 Å². The molecule has 1 aliphatic carbocycles. The third-order valence-electron chi connectivity index (χ3n) is 4.16. The number of nitrogens with zero attached hydrogens (tertiary/aromatic N) is 5. The molecule has 0 aliphatic heterocycles. The number of nitrogens with one attached hydrogen (secondary N) is 1. The Labute approximate surface area is 134 Å². The van der Waals surface area contributed by atoms with Crippen molar-refractivity contribution in [1.29, 1.82) is 0 Å². The molecule has 1 aliphatic rings. The van der Waals surface area contributed by atoms with E-state index in [1.54, 1.807) is 31.3 Å². The van der Waals surface area contributed by atoms with Gasteiger partial charge in [0.1, 0.15) is 0 Å². The first-order chi connectivity index (χ1) is 11.1. The van der Waals surface area contributed by atoms with Gasteiger partial charge >= 0.3 is 0 Å². The fourth-order valence-corrected chi connectivity index (χ4v) is 2.81. The highest BCUT2D eigenvalue weighted by atomic mass is 16.5. The molecule has 8 heteroatoms. The van der Waals surface area contributed by atoms with E-state index in [-0.39, 0.29) is 17.9 Å². The van der Waals surface area contributed by atoms with Gasteiger partial charge in [0.05, 0.1) is 11.7 Å². The van der Waals surface area contributed by atoms with E-state index in [0.29, 0.717) is 11.3 Å². The van der Waals surface area contributed by atoms with Crippen molar-refractivity contribution in [3.63, 3.8) is 0 Å². The van der Waals surface area contributed by atoms with Crippen LogP contribution in [-0.2, 0) is 7.05 Å². The quantitative estimate of drug-likeness (QED) is 0.837. The Hall–Kier alpha value is -2.48. The fourth-order valence-electron chi connectivity index (χ4n) is 2.81. The number of rotatable bonds is 4. The highest BCUT2D eigenvalue weighted by Crippen LogP contribution is 2.26. The molecule has 0 bridgehead atoms. The summed E-state index contributed by atoms with van der Waals surface area (Å²) in [5.74, 6) is -0.0123. The van der Waals surface area contributed by atoms with E-state index in [0.717, 1.165) is 25.7 Å². The minimum Gasteiger partial charge on any atom is -0.289 e. The summed E-state index contributed by atoms with van der Waals surface area (Å²) >= 11 is 0. The largest absolute Gasteiger partial charge is 0.289 e. The molecular formula is C15H20N6O2. The van der Waals surface area contributed by atoms with Crippen LogP contribution < -0.4 is 10.4 Å². The van der Waals surface area contributed by atoms with Crippen molar-refractivity contribution in [3.05, 3.63) is 29.8 Å². The average Bonchev–Trinajstić information content (AvgIpc) is 3.00. The second-order valence-corrected chi connectivity index (χ2v) is 5.76. The standard InChI is InChI=1S/C15H20N6O2/c1-20-15(17-18-19-20)16-14(22)11-7-9-13(10-8-11)21(23)12-5-3-2-4-6-12/h7-10,12,23H,2-6H2,1H3,(H,16,17,19,22). The first-order valence-corrected chi connectivity index (χ1v) is 7.77. The normalized spacial score (nSPS) is 15.4. The summed E-state index contributed by atoms with van der Waals surface area (Å²) < 4.78 is 1.38. The van der Waals surface area contributed by atoms with Gasteiger partial charge in [0, 0.05) is 12.6 Å². The molecule has 8 nitrogen and oxygen atoms in total. The van der Waals surface area contributed by atoms with Crippen molar-refractivity contribution in [2.75, 3.05) is 10.4 Å². The molecule has 1 aromatic heterocycles. The second-order valence-electron chi connectivity index (χ2n) is 5.76. The number of amides is 1. The first-order valence-electron chi connectivity index (χ1n) is 7.77. The third kappa shape index (κ3) is 3.48. The number of anilines is 2. The lowest BCUT2D eigenvalue weighted by molar-refractivity contribution is 0.102. The van der Waals surface area contributed by atoms with E-state index in [2.05, 4.69) is 20.8 Å². The van der Waals surface area contributed by atoms with Crippen LogP contribution in [0.5, 0.6) is 0 Å². The zero-order valence-corrected chi connectivity index (χ0v) is 13.0. The van der Waals surface area contributed by atoms with E-state index in [1.165, 1.54) is 16.2 Å². The van der Waals surface area contributed by atoms with E-state index < -0.39 is 0 Å². The molecule has 0 unspecified atom stereocenters. The van der Waals surface area contributed by atoms with Gasteiger partial charge < -0.3 is 0 Å². The Morgan fingerprint density at radius 3 is 2.57 bits per heavy atom. The van der Waals surface area contributed by atoms with Gasteiger partial charge in [-0.15, -0.1) is 0 Å². The number of hydrogen-bond donors (Lipinski definition) is 2. The Kier molecular flexibility index (Phi) is 4.52. The highest BCUT2D eigenvalue weighted by molar-refractivity contribution is 6.03. The Morgan fingerprint density at radius 1 is 1.26 bits per heavy atom. The SMILES string of the molecule is Cn1nnnc1NC(=O)c1ccc(N(O)C2CCCCC2)cc1. The second kappa shape index (κ2) is 6.74. The summed E-state index contributed by atoms with van der Waals surface area (Å²) in [6, 6.07) is 7.02. The van der Waals surface area contributed by atoms with Crippen LogP contribution in [0.25, 0.3) is 0 Å². The maximum Gasteiger partial charge on any atom is 0.258 e. The molecule has 1 fully saturated rings. The first kappa shape index (κ1) is 15.4. The van der Waals surface area contributed by atoms with Crippen LogP contribution in [0.4, 0.5) is 11.6 Å². The van der Waals surface area contributed by atoms with E-state index in [1.807, 2.05) is 0 Å². The molecular weight excluding hydrogens is 296 g/mol. The minimum atomic E-state index is -0.295. The molecule has 122 valence electrons. The number of aryl methyl sites for hydroxylation is 1. The predicted octanol–water partition coefficient (Wildman–Crippen LogP) is 1.99. The van der Waals surface area contributed by atoms with Gasteiger partial charge in [-0.1, -0.05) is 24.4 Å². The monoisotopic (exact) mass is 316 g/mol. The van der Waals surface area contributed by atoms with Crippen molar-refractivity contribution >= 4 is 17.5 Å². The zero-order valence-electron chi connectivity index (χ0n) is 13.0. The van der Waals surface area contributed by atoms with Crippen molar-refractivity contribution in [2.24, 2.45) is 7.05 Å². The molecule has 3 rings (SSSR count). The summed E-state index contributed by atoms with van der Waals surface area (Å²) in [6.45, 7) is 0. The molecule has 0 radical (unpaired) electrons. The van der Waals surface area contributed by atoms with Crippen LogP contribution in [0.3, 0.4) is 0 Å². The van der Waals surface area contributed by atoms with Gasteiger partial charge in [-0.05, 0) is 47.5 Å². The summed E-state index contributed by atoms with van der Waals surface area (Å²) in [5.41, 5.74) is 1.18. The number of carbonyl (C=O) groups excluding carboxylic acids is 1. The summed E-state index contributed by atoms with van der Waals surface area (Å²) in [5, 5.41) is 25.1. The minimum absolute atomic E-state index is 0.160. The topological polar surface area (TPSA) is 96.2 Å². The zero-order chi connectivity index (χ0) is 16.2. The van der Waals surface area contributed by atoms with Crippen molar-refractivity contribution < 1.29 is 10.0 Å². The number of hydroxylamine groups is 1. The number of aromatic nitrogens is 4. The lowest BCUT2D eigenvalue weighted by atomic mass is 9.95. The average molecular weight is 316 g/mol. The molecule has 23 heavy (non-hydrogen) atoms. The van der Waals surface area contributed by atoms with E-state index >= 15 is 0 Å². The van der Waals surface area contributed by atoms with Crippen LogP contribution in [0.1, 0.15) is 42.5 Å².